The second-order valence-corrected chi connectivity index (χ2v) is 6.84. The Bertz CT molecular complexity index is 542. The van der Waals surface area contributed by atoms with Crippen molar-refractivity contribution < 1.29 is 4.79 Å². The number of nitrogens with one attached hydrogen (secondary N) is 1. The van der Waals surface area contributed by atoms with Crippen molar-refractivity contribution in [3.63, 3.8) is 0 Å². The third-order valence-corrected chi connectivity index (χ3v) is 5.56. The zero-order chi connectivity index (χ0) is 14.2. The van der Waals surface area contributed by atoms with E-state index in [0.717, 1.165) is 32.5 Å². The van der Waals surface area contributed by atoms with Gasteiger partial charge in [-0.1, -0.05) is 24.3 Å². The Balaban J connectivity index is 1.51. The number of carbonyl (C=O) groups is 1. The first-order valence-electron chi connectivity index (χ1n) is 8.43. The Morgan fingerprint density at radius 1 is 1.19 bits per heavy atom. The van der Waals surface area contributed by atoms with E-state index in [1.807, 2.05) is 0 Å². The fourth-order valence-electron chi connectivity index (χ4n) is 4.48. The monoisotopic (exact) mass is 284 g/mol. The van der Waals surface area contributed by atoms with Crippen LogP contribution in [0.3, 0.4) is 0 Å². The van der Waals surface area contributed by atoms with E-state index in [1.165, 1.54) is 30.4 Å². The first-order chi connectivity index (χ1) is 10.3. The molecule has 4 rings (SSSR count). The maximum atomic E-state index is 12.6. The van der Waals surface area contributed by atoms with E-state index in [9.17, 15) is 4.79 Å². The summed E-state index contributed by atoms with van der Waals surface area (Å²) >= 11 is 0. The van der Waals surface area contributed by atoms with Gasteiger partial charge in [-0.2, -0.15) is 0 Å². The number of nitrogens with zero attached hydrogens (tertiary/aromatic N) is 1. The van der Waals surface area contributed by atoms with E-state index >= 15 is 0 Å². The number of hydrogen-bond acceptors (Lipinski definition) is 2. The number of aryl methyl sites for hydroxylation is 1. The lowest BCUT2D eigenvalue weighted by molar-refractivity contribution is -0.131. The van der Waals surface area contributed by atoms with E-state index in [2.05, 4.69) is 34.5 Å². The van der Waals surface area contributed by atoms with Crippen LogP contribution in [0.25, 0.3) is 0 Å². The van der Waals surface area contributed by atoms with Gasteiger partial charge in [-0.05, 0) is 49.8 Å². The molecule has 0 aromatic heterocycles. The summed E-state index contributed by atoms with van der Waals surface area (Å²) in [6, 6.07) is 9.22. The van der Waals surface area contributed by atoms with Crippen molar-refractivity contribution in [2.45, 2.75) is 44.1 Å². The van der Waals surface area contributed by atoms with Crippen LogP contribution in [0, 0.1) is 5.92 Å². The summed E-state index contributed by atoms with van der Waals surface area (Å²) in [5.74, 6) is 1.19. The minimum absolute atomic E-state index is 0.248. The van der Waals surface area contributed by atoms with Crippen LogP contribution >= 0.6 is 0 Å². The van der Waals surface area contributed by atoms with Crippen LogP contribution in [0.1, 0.15) is 42.7 Å². The van der Waals surface area contributed by atoms with E-state index in [-0.39, 0.29) is 5.92 Å². The lowest BCUT2D eigenvalue weighted by Gasteiger charge is -2.29. The maximum absolute atomic E-state index is 12.6. The molecule has 3 unspecified atom stereocenters. The number of rotatable bonds is 2. The lowest BCUT2D eigenvalue weighted by Crippen LogP contribution is -2.41. The highest BCUT2D eigenvalue weighted by molar-refractivity contribution is 5.82. The zero-order valence-electron chi connectivity index (χ0n) is 12.6. The van der Waals surface area contributed by atoms with E-state index in [4.69, 9.17) is 0 Å². The third kappa shape index (κ3) is 2.38. The molecule has 2 saturated heterocycles. The smallest absolute Gasteiger partial charge is 0.227 e. The van der Waals surface area contributed by atoms with E-state index in [1.54, 1.807) is 0 Å². The minimum Gasteiger partial charge on any atom is -0.340 e. The van der Waals surface area contributed by atoms with Gasteiger partial charge in [0.1, 0.15) is 0 Å². The molecule has 0 spiro atoms. The Labute approximate surface area is 126 Å². The average Bonchev–Trinajstić information content (AvgIpc) is 2.85. The van der Waals surface area contributed by atoms with Crippen molar-refractivity contribution in [1.29, 1.82) is 0 Å². The van der Waals surface area contributed by atoms with Crippen molar-refractivity contribution in [3.8, 4) is 0 Å². The highest BCUT2D eigenvalue weighted by atomic mass is 16.2. The van der Waals surface area contributed by atoms with Gasteiger partial charge >= 0.3 is 0 Å². The molecule has 1 aliphatic carbocycles. The van der Waals surface area contributed by atoms with Gasteiger partial charge in [0.05, 0.1) is 5.92 Å². The molecule has 0 radical (unpaired) electrons. The Morgan fingerprint density at radius 3 is 3.00 bits per heavy atom. The van der Waals surface area contributed by atoms with E-state index in [0.29, 0.717) is 17.9 Å². The quantitative estimate of drug-likeness (QED) is 0.904. The molecule has 1 aromatic carbocycles. The van der Waals surface area contributed by atoms with Crippen molar-refractivity contribution in [1.82, 2.24) is 10.2 Å². The average molecular weight is 284 g/mol. The van der Waals surface area contributed by atoms with Crippen LogP contribution in [0.2, 0.25) is 0 Å². The largest absolute Gasteiger partial charge is 0.340 e. The topological polar surface area (TPSA) is 32.3 Å². The Hall–Kier alpha value is -1.35. The van der Waals surface area contributed by atoms with Gasteiger partial charge in [0.2, 0.25) is 5.91 Å². The predicted molar refractivity (Wildman–Crippen MR) is 83.2 cm³/mol. The second-order valence-electron chi connectivity index (χ2n) is 6.84. The molecule has 112 valence electrons. The molecular formula is C18H24N2O. The van der Waals surface area contributed by atoms with Crippen LogP contribution in [0.5, 0.6) is 0 Å². The summed E-state index contributed by atoms with van der Waals surface area (Å²) in [4.78, 5) is 14.8. The summed E-state index contributed by atoms with van der Waals surface area (Å²) in [5, 5.41) is 3.54. The Morgan fingerprint density at radius 2 is 2.10 bits per heavy atom. The van der Waals surface area contributed by atoms with Gasteiger partial charge < -0.3 is 10.2 Å². The van der Waals surface area contributed by atoms with E-state index < -0.39 is 0 Å². The molecule has 3 atom stereocenters. The van der Waals surface area contributed by atoms with Gasteiger partial charge in [-0.3, -0.25) is 4.79 Å². The van der Waals surface area contributed by atoms with Crippen molar-refractivity contribution in [2.24, 2.45) is 5.92 Å². The predicted octanol–water partition coefficient (Wildman–Crippen LogP) is 2.32. The second kappa shape index (κ2) is 5.45. The number of amides is 1. The van der Waals surface area contributed by atoms with Gasteiger partial charge in [0.15, 0.2) is 0 Å². The van der Waals surface area contributed by atoms with Gasteiger partial charge in [-0.25, -0.2) is 0 Å². The normalized spacial score (nSPS) is 31.9. The SMILES string of the molecule is O=C1C2CCCNC2CN1CC1CCCc2ccccc21. The van der Waals surface area contributed by atoms with Crippen LogP contribution in [0.4, 0.5) is 0 Å². The van der Waals surface area contributed by atoms with Crippen molar-refractivity contribution in [2.75, 3.05) is 19.6 Å². The lowest BCUT2D eigenvalue weighted by atomic mass is 9.82. The van der Waals surface area contributed by atoms with Crippen LogP contribution in [-0.4, -0.2) is 36.5 Å². The molecule has 2 heterocycles. The van der Waals surface area contributed by atoms with Gasteiger partial charge in [0.25, 0.3) is 0 Å². The summed E-state index contributed by atoms with van der Waals surface area (Å²) in [6.07, 6.45) is 5.91. The molecule has 1 N–H and O–H groups in total. The highest BCUT2D eigenvalue weighted by Crippen LogP contribution is 2.34. The molecule has 2 fully saturated rings. The van der Waals surface area contributed by atoms with Crippen LogP contribution in [0.15, 0.2) is 24.3 Å². The van der Waals surface area contributed by atoms with Crippen molar-refractivity contribution >= 4 is 5.91 Å². The van der Waals surface area contributed by atoms with Crippen LogP contribution < -0.4 is 5.32 Å². The molecular weight excluding hydrogens is 260 g/mol. The maximum Gasteiger partial charge on any atom is 0.227 e. The zero-order valence-corrected chi connectivity index (χ0v) is 12.6. The molecule has 3 aliphatic rings. The number of piperidine rings is 1. The molecule has 2 aliphatic heterocycles. The summed E-state index contributed by atoms with van der Waals surface area (Å²) in [7, 11) is 0. The molecule has 1 amide bonds. The highest BCUT2D eigenvalue weighted by Gasteiger charge is 2.42. The summed E-state index contributed by atoms with van der Waals surface area (Å²) < 4.78 is 0. The van der Waals surface area contributed by atoms with Crippen molar-refractivity contribution in [3.05, 3.63) is 35.4 Å². The fraction of sp³-hybridized carbons (Fsp3) is 0.611. The molecule has 0 saturated carbocycles. The number of likely N-dealkylation sites (tertiary alicyclic amines) is 1. The molecule has 0 bridgehead atoms. The number of carbonyl (C=O) groups excluding carboxylic acids is 1. The standard InChI is InChI=1S/C18H24N2O/c21-18-16-9-4-10-19-17(16)12-20(18)11-14-7-3-6-13-5-1-2-8-15(13)14/h1-2,5,8,14,16-17,19H,3-4,6-7,9-12H2. The first-order valence-corrected chi connectivity index (χ1v) is 8.43. The summed E-state index contributed by atoms with van der Waals surface area (Å²) in [6.45, 7) is 2.92. The number of benzene rings is 1. The molecule has 3 heteroatoms. The van der Waals surface area contributed by atoms with Gasteiger partial charge in [-0.15, -0.1) is 0 Å². The minimum atomic E-state index is 0.248. The number of hydrogen-bond donors (Lipinski definition) is 1. The Kier molecular flexibility index (Phi) is 3.46. The fourth-order valence-corrected chi connectivity index (χ4v) is 4.48. The molecule has 3 nitrogen and oxygen atoms in total. The molecule has 1 aromatic rings. The summed E-state index contributed by atoms with van der Waals surface area (Å²) in [5.41, 5.74) is 2.98. The third-order valence-electron chi connectivity index (χ3n) is 5.56. The first kappa shape index (κ1) is 13.3. The van der Waals surface area contributed by atoms with Gasteiger partial charge in [0, 0.05) is 25.0 Å². The molecule has 21 heavy (non-hydrogen) atoms. The van der Waals surface area contributed by atoms with Crippen LogP contribution in [-0.2, 0) is 11.2 Å². The number of fused-ring (bicyclic) bond motifs is 2.